The van der Waals surface area contributed by atoms with E-state index in [0.29, 0.717) is 5.76 Å². The minimum absolute atomic E-state index is 0.0833. The van der Waals surface area contributed by atoms with Crippen molar-refractivity contribution < 1.29 is 14.3 Å². The zero-order valence-corrected chi connectivity index (χ0v) is 6.77. The molecule has 0 fully saturated rings. The molecule has 2 aliphatic rings. The molecule has 0 atom stereocenters. The molecule has 66 valence electrons. The molecule has 4 heteroatoms. The van der Waals surface area contributed by atoms with Crippen LogP contribution in [0.3, 0.4) is 0 Å². The van der Waals surface area contributed by atoms with Crippen molar-refractivity contribution in [3.8, 4) is 0 Å². The molecule has 0 unspecified atom stereocenters. The molecule has 0 saturated heterocycles. The number of aliphatic imine (C=N–C) groups is 1. The minimum atomic E-state index is -0.413. The molecule has 0 saturated carbocycles. The molecule has 0 aliphatic carbocycles. The maximum atomic E-state index is 11.3. The third kappa shape index (κ3) is 1.51. The van der Waals surface area contributed by atoms with Crippen LogP contribution in [0.25, 0.3) is 0 Å². The molecule has 2 aliphatic heterocycles. The summed E-state index contributed by atoms with van der Waals surface area (Å²) in [6, 6.07) is 0. The molecule has 0 aromatic carbocycles. The smallest absolute Gasteiger partial charge is 0.316 e. The SMILES string of the molecule is O=C1N=CC=CC=CC2=C1OCO2. The highest BCUT2D eigenvalue weighted by Crippen LogP contribution is 2.19. The Labute approximate surface area is 74.9 Å². The van der Waals surface area contributed by atoms with E-state index in [1.165, 1.54) is 6.21 Å². The van der Waals surface area contributed by atoms with Crippen molar-refractivity contribution in [2.45, 2.75) is 0 Å². The largest absolute Gasteiger partial charge is 0.453 e. The fraction of sp³-hybridized carbons (Fsp3) is 0.111. The van der Waals surface area contributed by atoms with Crippen molar-refractivity contribution in [2.75, 3.05) is 6.79 Å². The van der Waals surface area contributed by atoms with Gasteiger partial charge >= 0.3 is 5.91 Å². The van der Waals surface area contributed by atoms with Gasteiger partial charge in [-0.05, 0) is 12.2 Å². The predicted molar refractivity (Wildman–Crippen MR) is 45.8 cm³/mol. The summed E-state index contributed by atoms with van der Waals surface area (Å²) in [6.07, 6.45) is 8.27. The Morgan fingerprint density at radius 2 is 2.15 bits per heavy atom. The highest BCUT2D eigenvalue weighted by molar-refractivity contribution is 5.99. The predicted octanol–water partition coefficient (Wildman–Crippen LogP) is 0.926. The fourth-order valence-corrected chi connectivity index (χ4v) is 1.01. The summed E-state index contributed by atoms with van der Waals surface area (Å²) >= 11 is 0. The van der Waals surface area contributed by atoms with Crippen LogP contribution in [0.5, 0.6) is 0 Å². The molecule has 0 N–H and O–H groups in total. The lowest BCUT2D eigenvalue weighted by atomic mass is 10.3. The average molecular weight is 177 g/mol. The van der Waals surface area contributed by atoms with Crippen molar-refractivity contribution in [3.05, 3.63) is 35.8 Å². The van der Waals surface area contributed by atoms with Gasteiger partial charge in [-0.1, -0.05) is 12.2 Å². The fourth-order valence-electron chi connectivity index (χ4n) is 1.01. The zero-order chi connectivity index (χ0) is 9.10. The maximum absolute atomic E-state index is 11.3. The quantitative estimate of drug-likeness (QED) is 0.553. The number of ether oxygens (including phenoxy) is 2. The van der Waals surface area contributed by atoms with Crippen molar-refractivity contribution in [1.82, 2.24) is 0 Å². The van der Waals surface area contributed by atoms with Gasteiger partial charge in [-0.2, -0.15) is 0 Å². The molecule has 1 amide bonds. The average Bonchev–Trinajstić information content (AvgIpc) is 2.58. The molecule has 2 heterocycles. The molecular formula is C9H7NO3. The van der Waals surface area contributed by atoms with Gasteiger partial charge in [0.05, 0.1) is 0 Å². The van der Waals surface area contributed by atoms with E-state index in [0.717, 1.165) is 0 Å². The molecule has 0 aromatic rings. The molecule has 0 aromatic heterocycles. The number of rotatable bonds is 0. The Morgan fingerprint density at radius 1 is 1.23 bits per heavy atom. The van der Waals surface area contributed by atoms with E-state index in [2.05, 4.69) is 4.99 Å². The number of hydrogen-bond donors (Lipinski definition) is 0. The van der Waals surface area contributed by atoms with E-state index in [1.807, 2.05) is 0 Å². The lowest BCUT2D eigenvalue weighted by Crippen LogP contribution is -2.00. The second-order valence-corrected chi connectivity index (χ2v) is 2.43. The lowest BCUT2D eigenvalue weighted by Gasteiger charge is -1.92. The van der Waals surface area contributed by atoms with Crippen molar-refractivity contribution in [2.24, 2.45) is 4.99 Å². The second-order valence-electron chi connectivity index (χ2n) is 2.43. The molecule has 0 radical (unpaired) electrons. The van der Waals surface area contributed by atoms with Gasteiger partial charge in [0.1, 0.15) is 0 Å². The van der Waals surface area contributed by atoms with E-state index in [9.17, 15) is 4.79 Å². The van der Waals surface area contributed by atoms with Crippen LogP contribution in [0.2, 0.25) is 0 Å². The monoisotopic (exact) mass is 177 g/mol. The molecule has 4 nitrogen and oxygen atoms in total. The van der Waals surface area contributed by atoms with E-state index in [4.69, 9.17) is 9.47 Å². The van der Waals surface area contributed by atoms with Gasteiger partial charge in [-0.3, -0.25) is 4.79 Å². The highest BCUT2D eigenvalue weighted by atomic mass is 16.7. The molecule has 13 heavy (non-hydrogen) atoms. The van der Waals surface area contributed by atoms with Gasteiger partial charge in [0.2, 0.25) is 12.6 Å². The maximum Gasteiger partial charge on any atom is 0.316 e. The van der Waals surface area contributed by atoms with Crippen LogP contribution in [-0.2, 0) is 14.3 Å². The number of carbonyl (C=O) groups excluding carboxylic acids is 1. The Bertz CT molecular complexity index is 350. The first kappa shape index (κ1) is 7.79. The molecule has 2 rings (SSSR count). The van der Waals surface area contributed by atoms with Crippen LogP contribution < -0.4 is 0 Å². The standard InChI is InChI=1S/C9H7NO3/c11-9-8-7(12-6-13-8)4-2-1-3-5-10-9/h1-5H,6H2. The number of nitrogens with zero attached hydrogens (tertiary/aromatic N) is 1. The van der Waals surface area contributed by atoms with E-state index in [-0.39, 0.29) is 12.6 Å². The Morgan fingerprint density at radius 3 is 3.08 bits per heavy atom. The van der Waals surface area contributed by atoms with E-state index in [1.54, 1.807) is 24.3 Å². The Hall–Kier alpha value is -1.84. The number of allylic oxidation sites excluding steroid dienone is 4. The van der Waals surface area contributed by atoms with Gasteiger partial charge < -0.3 is 9.47 Å². The van der Waals surface area contributed by atoms with Crippen LogP contribution in [0.4, 0.5) is 0 Å². The van der Waals surface area contributed by atoms with Crippen molar-refractivity contribution in [3.63, 3.8) is 0 Å². The summed E-state index contributed by atoms with van der Waals surface area (Å²) in [7, 11) is 0. The lowest BCUT2D eigenvalue weighted by molar-refractivity contribution is -0.117. The van der Waals surface area contributed by atoms with Crippen molar-refractivity contribution in [1.29, 1.82) is 0 Å². The summed E-state index contributed by atoms with van der Waals surface area (Å²) < 4.78 is 10.0. The van der Waals surface area contributed by atoms with E-state index < -0.39 is 5.91 Å². The first-order chi connectivity index (χ1) is 6.38. The molecular weight excluding hydrogens is 170 g/mol. The third-order valence-corrected chi connectivity index (χ3v) is 1.58. The topological polar surface area (TPSA) is 47.9 Å². The number of hydrogen-bond acceptors (Lipinski definition) is 3. The van der Waals surface area contributed by atoms with Crippen LogP contribution in [0.1, 0.15) is 0 Å². The van der Waals surface area contributed by atoms with Gasteiger partial charge in [0.15, 0.2) is 5.76 Å². The van der Waals surface area contributed by atoms with Crippen LogP contribution in [0.15, 0.2) is 40.8 Å². The highest BCUT2D eigenvalue weighted by Gasteiger charge is 2.21. The Balaban J connectivity index is 2.40. The third-order valence-electron chi connectivity index (χ3n) is 1.58. The summed E-state index contributed by atoms with van der Waals surface area (Å²) in [5.74, 6) is 0.202. The minimum Gasteiger partial charge on any atom is -0.453 e. The first-order valence-electron chi connectivity index (χ1n) is 3.79. The Kier molecular flexibility index (Phi) is 1.96. The molecule has 0 spiro atoms. The summed E-state index contributed by atoms with van der Waals surface area (Å²) in [4.78, 5) is 14.9. The van der Waals surface area contributed by atoms with Gasteiger partial charge in [-0.15, -0.1) is 0 Å². The van der Waals surface area contributed by atoms with Gasteiger partial charge in [-0.25, -0.2) is 4.99 Å². The number of carbonyl (C=O) groups is 1. The van der Waals surface area contributed by atoms with Gasteiger partial charge in [0.25, 0.3) is 0 Å². The zero-order valence-electron chi connectivity index (χ0n) is 6.77. The molecule has 0 bridgehead atoms. The van der Waals surface area contributed by atoms with Crippen LogP contribution in [-0.4, -0.2) is 18.9 Å². The first-order valence-corrected chi connectivity index (χ1v) is 3.79. The second kappa shape index (κ2) is 3.26. The summed E-state index contributed by atoms with van der Waals surface area (Å²) in [5.41, 5.74) is 0. The van der Waals surface area contributed by atoms with Crippen LogP contribution in [0, 0.1) is 0 Å². The van der Waals surface area contributed by atoms with Crippen LogP contribution >= 0.6 is 0 Å². The van der Waals surface area contributed by atoms with Gasteiger partial charge in [0, 0.05) is 6.21 Å². The van der Waals surface area contributed by atoms with Crippen molar-refractivity contribution >= 4 is 12.1 Å². The number of amides is 1. The normalized spacial score (nSPS) is 20.2. The summed E-state index contributed by atoms with van der Waals surface area (Å²) in [6.45, 7) is 0.0833. The van der Waals surface area contributed by atoms with E-state index >= 15 is 0 Å². The summed E-state index contributed by atoms with van der Waals surface area (Å²) in [5, 5.41) is 0.